The van der Waals surface area contributed by atoms with Gasteiger partial charge in [-0.1, -0.05) is 67.1 Å². The van der Waals surface area contributed by atoms with Crippen molar-refractivity contribution in [2.45, 2.75) is 58.0 Å². The third kappa shape index (κ3) is 3.82. The summed E-state index contributed by atoms with van der Waals surface area (Å²) in [5.41, 5.74) is 1.03. The largest absolute Gasteiger partial charge is 0.307 e. The number of hydrogen-bond donors (Lipinski definition) is 1. The molecule has 1 aliphatic carbocycles. The van der Waals surface area contributed by atoms with E-state index in [2.05, 4.69) is 19.2 Å². The molecule has 0 amide bonds. The molecular weight excluding hydrogens is 313 g/mol. The number of halogens is 3. The van der Waals surface area contributed by atoms with E-state index in [4.69, 9.17) is 34.8 Å². The summed E-state index contributed by atoms with van der Waals surface area (Å²) in [5.74, 6) is 0.859. The van der Waals surface area contributed by atoms with Crippen molar-refractivity contribution in [3.8, 4) is 0 Å². The molecule has 112 valence electrons. The van der Waals surface area contributed by atoms with E-state index >= 15 is 0 Å². The van der Waals surface area contributed by atoms with E-state index in [1.54, 1.807) is 0 Å². The normalized spacial score (nSPS) is 24.6. The van der Waals surface area contributed by atoms with Gasteiger partial charge in [-0.05, 0) is 37.3 Å². The van der Waals surface area contributed by atoms with Crippen molar-refractivity contribution >= 4 is 34.8 Å². The predicted octanol–water partition coefficient (Wildman–Crippen LogP) is 6.27. The van der Waals surface area contributed by atoms with Gasteiger partial charge in [-0.2, -0.15) is 0 Å². The molecule has 0 aliphatic heterocycles. The third-order valence-electron chi connectivity index (χ3n) is 4.38. The highest BCUT2D eigenvalue weighted by molar-refractivity contribution is 6.48. The summed E-state index contributed by atoms with van der Waals surface area (Å²) in [6.45, 7) is 4.42. The highest BCUT2D eigenvalue weighted by Gasteiger charge is 2.23. The van der Waals surface area contributed by atoms with Gasteiger partial charge in [0.05, 0.1) is 15.1 Å². The molecule has 3 atom stereocenters. The van der Waals surface area contributed by atoms with Crippen LogP contribution in [-0.4, -0.2) is 6.04 Å². The number of nitrogens with one attached hydrogen (secondary N) is 1. The second-order valence-electron chi connectivity index (χ2n) is 5.79. The van der Waals surface area contributed by atoms with Crippen molar-refractivity contribution < 1.29 is 0 Å². The summed E-state index contributed by atoms with van der Waals surface area (Å²) in [4.78, 5) is 0. The highest BCUT2D eigenvalue weighted by atomic mass is 35.5. The van der Waals surface area contributed by atoms with Crippen molar-refractivity contribution in [1.29, 1.82) is 0 Å². The molecule has 1 saturated carbocycles. The molecule has 3 unspecified atom stereocenters. The van der Waals surface area contributed by atoms with Crippen LogP contribution in [0.5, 0.6) is 0 Å². The molecule has 1 N–H and O–H groups in total. The maximum absolute atomic E-state index is 6.31. The van der Waals surface area contributed by atoms with Gasteiger partial charge < -0.3 is 5.32 Å². The Morgan fingerprint density at radius 1 is 1.20 bits per heavy atom. The van der Waals surface area contributed by atoms with Crippen LogP contribution in [0.25, 0.3) is 0 Å². The molecule has 20 heavy (non-hydrogen) atoms. The second kappa shape index (κ2) is 7.35. The minimum absolute atomic E-state index is 0.192. The summed E-state index contributed by atoms with van der Waals surface area (Å²) in [5, 5.41) is 5.24. The van der Waals surface area contributed by atoms with E-state index in [1.807, 2.05) is 12.1 Å². The molecule has 0 bridgehead atoms. The minimum atomic E-state index is 0.192. The Bertz CT molecular complexity index is 461. The molecule has 2 rings (SSSR count). The Morgan fingerprint density at radius 3 is 2.65 bits per heavy atom. The molecule has 0 heterocycles. The lowest BCUT2D eigenvalue weighted by Crippen LogP contribution is -2.35. The maximum Gasteiger partial charge on any atom is 0.0781 e. The summed E-state index contributed by atoms with van der Waals surface area (Å²) in [6.07, 6.45) is 6.48. The van der Waals surface area contributed by atoms with Crippen LogP contribution in [0.15, 0.2) is 12.1 Å². The van der Waals surface area contributed by atoms with Gasteiger partial charge in [0.15, 0.2) is 0 Å². The Balaban J connectivity index is 2.05. The van der Waals surface area contributed by atoms with Crippen molar-refractivity contribution in [2.75, 3.05) is 0 Å². The Hall–Kier alpha value is 0.0500. The van der Waals surface area contributed by atoms with Gasteiger partial charge in [0, 0.05) is 12.1 Å². The van der Waals surface area contributed by atoms with Gasteiger partial charge in [0.25, 0.3) is 0 Å². The average molecular weight is 335 g/mol. The molecule has 0 saturated heterocycles. The maximum atomic E-state index is 6.31. The molecule has 1 aromatic carbocycles. The monoisotopic (exact) mass is 333 g/mol. The molecule has 0 radical (unpaired) electrons. The van der Waals surface area contributed by atoms with Crippen molar-refractivity contribution in [3.05, 3.63) is 32.8 Å². The second-order valence-corrected chi connectivity index (χ2v) is 6.95. The van der Waals surface area contributed by atoms with Crippen molar-refractivity contribution in [2.24, 2.45) is 5.92 Å². The van der Waals surface area contributed by atoms with Gasteiger partial charge >= 0.3 is 0 Å². The predicted molar refractivity (Wildman–Crippen MR) is 89.1 cm³/mol. The number of rotatable bonds is 4. The fourth-order valence-electron chi connectivity index (χ4n) is 3.13. The quantitative estimate of drug-likeness (QED) is 0.640. The number of hydrogen-bond acceptors (Lipinski definition) is 1. The van der Waals surface area contributed by atoms with E-state index in [0.717, 1.165) is 11.5 Å². The van der Waals surface area contributed by atoms with E-state index in [-0.39, 0.29) is 6.04 Å². The lowest BCUT2D eigenvalue weighted by Gasteiger charge is -2.32. The summed E-state index contributed by atoms with van der Waals surface area (Å²) >= 11 is 18.4. The summed E-state index contributed by atoms with van der Waals surface area (Å²) < 4.78 is 0. The van der Waals surface area contributed by atoms with Crippen LogP contribution in [0, 0.1) is 5.92 Å². The van der Waals surface area contributed by atoms with Crippen LogP contribution < -0.4 is 5.32 Å². The van der Waals surface area contributed by atoms with Crippen LogP contribution in [0.3, 0.4) is 0 Å². The van der Waals surface area contributed by atoms with Crippen LogP contribution in [0.2, 0.25) is 15.1 Å². The van der Waals surface area contributed by atoms with Gasteiger partial charge in [-0.25, -0.2) is 0 Å². The minimum Gasteiger partial charge on any atom is -0.307 e. The zero-order chi connectivity index (χ0) is 14.7. The van der Waals surface area contributed by atoms with Gasteiger partial charge in [-0.15, -0.1) is 0 Å². The van der Waals surface area contributed by atoms with Crippen LogP contribution in [0.4, 0.5) is 0 Å². The van der Waals surface area contributed by atoms with E-state index in [0.29, 0.717) is 21.1 Å². The highest BCUT2D eigenvalue weighted by Crippen LogP contribution is 2.36. The molecule has 4 heteroatoms. The molecule has 1 nitrogen and oxygen atoms in total. The smallest absolute Gasteiger partial charge is 0.0781 e. The molecular formula is C16H22Cl3N. The van der Waals surface area contributed by atoms with E-state index < -0.39 is 0 Å². The van der Waals surface area contributed by atoms with Crippen LogP contribution in [-0.2, 0) is 0 Å². The molecule has 1 fully saturated rings. The van der Waals surface area contributed by atoms with E-state index in [1.165, 1.54) is 32.1 Å². The molecule has 0 spiro atoms. The van der Waals surface area contributed by atoms with Gasteiger partial charge in [0.2, 0.25) is 0 Å². The van der Waals surface area contributed by atoms with Crippen LogP contribution >= 0.6 is 34.8 Å². The SMILES string of the molecule is CCC1CCCC(NC(C)c2ccc(Cl)c(Cl)c2Cl)C1. The lowest BCUT2D eigenvalue weighted by atomic mass is 9.84. The zero-order valence-corrected chi connectivity index (χ0v) is 14.3. The molecule has 0 aromatic heterocycles. The van der Waals surface area contributed by atoms with E-state index in [9.17, 15) is 0 Å². The summed E-state index contributed by atoms with van der Waals surface area (Å²) in [6, 6.07) is 4.56. The van der Waals surface area contributed by atoms with Gasteiger partial charge in [0.1, 0.15) is 0 Å². The van der Waals surface area contributed by atoms with Crippen LogP contribution in [0.1, 0.15) is 57.6 Å². The first-order valence-corrected chi connectivity index (χ1v) is 8.55. The van der Waals surface area contributed by atoms with Crippen molar-refractivity contribution in [3.63, 3.8) is 0 Å². The third-order valence-corrected chi connectivity index (χ3v) is 5.69. The fourth-order valence-corrected chi connectivity index (χ4v) is 3.84. The Labute approximate surface area is 137 Å². The fraction of sp³-hybridized carbons (Fsp3) is 0.625. The Morgan fingerprint density at radius 2 is 1.95 bits per heavy atom. The lowest BCUT2D eigenvalue weighted by molar-refractivity contribution is 0.266. The van der Waals surface area contributed by atoms with Gasteiger partial charge in [-0.3, -0.25) is 0 Å². The Kier molecular flexibility index (Phi) is 6.04. The first kappa shape index (κ1) is 16.4. The average Bonchev–Trinajstić information content (AvgIpc) is 2.45. The molecule has 1 aliphatic rings. The standard InChI is InChI=1S/C16H22Cl3N/c1-3-11-5-4-6-12(9-11)20-10(2)13-7-8-14(17)16(19)15(13)18/h7-8,10-12,20H,3-6,9H2,1-2H3. The summed E-state index contributed by atoms with van der Waals surface area (Å²) in [7, 11) is 0. The topological polar surface area (TPSA) is 12.0 Å². The first-order chi connectivity index (χ1) is 9.52. The first-order valence-electron chi connectivity index (χ1n) is 7.42. The molecule has 1 aromatic rings. The van der Waals surface area contributed by atoms with Crippen molar-refractivity contribution in [1.82, 2.24) is 5.32 Å². The zero-order valence-electron chi connectivity index (χ0n) is 12.1. The number of benzene rings is 1.